The molecule has 0 saturated carbocycles. The van der Waals surface area contributed by atoms with Crippen molar-refractivity contribution in [2.75, 3.05) is 19.0 Å². The summed E-state index contributed by atoms with van der Waals surface area (Å²) >= 11 is 3.49. The summed E-state index contributed by atoms with van der Waals surface area (Å²) in [6, 6.07) is 14.5. The lowest BCUT2D eigenvalue weighted by Gasteiger charge is -2.14. The van der Waals surface area contributed by atoms with Crippen LogP contribution in [0.1, 0.15) is 11.1 Å². The number of halogens is 1. The number of methoxy groups -OCH3 is 1. The van der Waals surface area contributed by atoms with Gasteiger partial charge in [-0.05, 0) is 36.6 Å². The van der Waals surface area contributed by atoms with Crippen LogP contribution in [0.4, 0.5) is 5.69 Å². The molecule has 2 aromatic rings. The molecule has 0 atom stereocenters. The van der Waals surface area contributed by atoms with Gasteiger partial charge in [-0.25, -0.2) is 0 Å². The van der Waals surface area contributed by atoms with Crippen LogP contribution < -0.4 is 10.1 Å². The van der Waals surface area contributed by atoms with E-state index in [1.54, 1.807) is 7.11 Å². The van der Waals surface area contributed by atoms with Crippen molar-refractivity contribution in [2.45, 2.75) is 13.3 Å². The molecule has 0 aliphatic rings. The SMILES string of the molecule is COc1cc(Br)cc(C)c1NCCc1ccccc1. The minimum atomic E-state index is 0.875. The lowest BCUT2D eigenvalue weighted by Crippen LogP contribution is -2.07. The van der Waals surface area contributed by atoms with Crippen LogP contribution in [0.25, 0.3) is 0 Å². The van der Waals surface area contributed by atoms with Gasteiger partial charge in [-0.2, -0.15) is 0 Å². The second kappa shape index (κ2) is 6.62. The molecule has 0 aliphatic heterocycles. The van der Waals surface area contributed by atoms with Crippen molar-refractivity contribution in [1.29, 1.82) is 0 Å². The van der Waals surface area contributed by atoms with E-state index in [1.807, 2.05) is 12.1 Å². The number of nitrogens with one attached hydrogen (secondary N) is 1. The van der Waals surface area contributed by atoms with Gasteiger partial charge in [-0.3, -0.25) is 0 Å². The monoisotopic (exact) mass is 319 g/mol. The zero-order valence-electron chi connectivity index (χ0n) is 11.2. The van der Waals surface area contributed by atoms with E-state index < -0.39 is 0 Å². The van der Waals surface area contributed by atoms with Gasteiger partial charge in [-0.15, -0.1) is 0 Å². The highest BCUT2D eigenvalue weighted by Crippen LogP contribution is 2.31. The third-order valence-electron chi connectivity index (χ3n) is 3.04. The van der Waals surface area contributed by atoms with Gasteiger partial charge in [0.05, 0.1) is 12.8 Å². The Morgan fingerprint density at radius 1 is 1.16 bits per heavy atom. The molecule has 0 radical (unpaired) electrons. The summed E-state index contributed by atoms with van der Waals surface area (Å²) in [5.41, 5.74) is 3.59. The second-order valence-corrected chi connectivity index (χ2v) is 5.38. The lowest BCUT2D eigenvalue weighted by atomic mass is 10.1. The van der Waals surface area contributed by atoms with Crippen molar-refractivity contribution < 1.29 is 4.74 Å². The molecule has 0 saturated heterocycles. The Bertz CT molecular complexity index is 540. The van der Waals surface area contributed by atoms with Gasteiger partial charge in [0.25, 0.3) is 0 Å². The third kappa shape index (κ3) is 3.74. The maximum absolute atomic E-state index is 5.42. The molecule has 0 fully saturated rings. The molecule has 3 heteroatoms. The predicted molar refractivity (Wildman–Crippen MR) is 84.1 cm³/mol. The fourth-order valence-electron chi connectivity index (χ4n) is 2.08. The molecular weight excluding hydrogens is 302 g/mol. The Kier molecular flexibility index (Phi) is 4.86. The summed E-state index contributed by atoms with van der Waals surface area (Å²) in [6.45, 7) is 2.97. The number of rotatable bonds is 5. The summed E-state index contributed by atoms with van der Waals surface area (Å²) < 4.78 is 6.45. The molecule has 0 spiro atoms. The van der Waals surface area contributed by atoms with E-state index in [0.29, 0.717) is 0 Å². The minimum absolute atomic E-state index is 0.875. The van der Waals surface area contributed by atoms with Crippen LogP contribution >= 0.6 is 15.9 Å². The van der Waals surface area contributed by atoms with Gasteiger partial charge in [0, 0.05) is 11.0 Å². The van der Waals surface area contributed by atoms with Crippen LogP contribution in [0.5, 0.6) is 5.75 Å². The molecule has 0 unspecified atom stereocenters. The van der Waals surface area contributed by atoms with Gasteiger partial charge >= 0.3 is 0 Å². The van der Waals surface area contributed by atoms with E-state index >= 15 is 0 Å². The Balaban J connectivity index is 2.03. The molecule has 2 aromatic carbocycles. The molecular formula is C16H18BrNO. The summed E-state index contributed by atoms with van der Waals surface area (Å²) in [5.74, 6) is 0.875. The fraction of sp³-hybridized carbons (Fsp3) is 0.250. The Morgan fingerprint density at radius 2 is 1.89 bits per heavy atom. The third-order valence-corrected chi connectivity index (χ3v) is 3.50. The number of hydrogen-bond donors (Lipinski definition) is 1. The minimum Gasteiger partial charge on any atom is -0.495 e. The van der Waals surface area contributed by atoms with Crippen LogP contribution in [0, 0.1) is 6.92 Å². The van der Waals surface area contributed by atoms with Crippen molar-refractivity contribution in [3.63, 3.8) is 0 Å². The molecule has 0 aromatic heterocycles. The quantitative estimate of drug-likeness (QED) is 0.880. The van der Waals surface area contributed by atoms with Gasteiger partial charge in [0.2, 0.25) is 0 Å². The highest BCUT2D eigenvalue weighted by molar-refractivity contribution is 9.10. The zero-order chi connectivity index (χ0) is 13.7. The predicted octanol–water partition coefficient (Wildman–Crippen LogP) is 4.42. The van der Waals surface area contributed by atoms with E-state index in [2.05, 4.69) is 58.5 Å². The lowest BCUT2D eigenvalue weighted by molar-refractivity contribution is 0.416. The average Bonchev–Trinajstić information content (AvgIpc) is 2.42. The topological polar surface area (TPSA) is 21.3 Å². The Labute approximate surface area is 122 Å². The summed E-state index contributed by atoms with van der Waals surface area (Å²) in [6.07, 6.45) is 1.000. The molecule has 2 nitrogen and oxygen atoms in total. The van der Waals surface area contributed by atoms with Crippen molar-refractivity contribution in [3.05, 3.63) is 58.1 Å². The number of hydrogen-bond acceptors (Lipinski definition) is 2. The second-order valence-electron chi connectivity index (χ2n) is 4.46. The van der Waals surface area contributed by atoms with E-state index in [4.69, 9.17) is 4.74 Å². The van der Waals surface area contributed by atoms with Crippen molar-refractivity contribution in [2.24, 2.45) is 0 Å². The summed E-state index contributed by atoms with van der Waals surface area (Å²) in [5, 5.41) is 3.46. The fourth-order valence-corrected chi connectivity index (χ4v) is 2.63. The maximum Gasteiger partial charge on any atom is 0.143 e. The first-order valence-corrected chi connectivity index (χ1v) is 7.12. The molecule has 19 heavy (non-hydrogen) atoms. The number of anilines is 1. The first-order valence-electron chi connectivity index (χ1n) is 6.32. The normalized spacial score (nSPS) is 10.3. The molecule has 1 N–H and O–H groups in total. The van der Waals surface area contributed by atoms with Crippen molar-refractivity contribution >= 4 is 21.6 Å². The van der Waals surface area contributed by atoms with E-state index in [0.717, 1.165) is 28.9 Å². The molecule has 0 heterocycles. The smallest absolute Gasteiger partial charge is 0.143 e. The van der Waals surface area contributed by atoms with Gasteiger partial charge in [0.15, 0.2) is 0 Å². The molecule has 0 aliphatic carbocycles. The molecule has 2 rings (SSSR count). The maximum atomic E-state index is 5.42. The Hall–Kier alpha value is -1.48. The van der Waals surface area contributed by atoms with E-state index in [-0.39, 0.29) is 0 Å². The standard InChI is InChI=1S/C16H18BrNO/c1-12-10-14(17)11-15(19-2)16(12)18-9-8-13-6-4-3-5-7-13/h3-7,10-11,18H,8-9H2,1-2H3. The Morgan fingerprint density at radius 3 is 2.58 bits per heavy atom. The van der Waals surface area contributed by atoms with E-state index in [9.17, 15) is 0 Å². The van der Waals surface area contributed by atoms with Crippen LogP contribution in [0.2, 0.25) is 0 Å². The zero-order valence-corrected chi connectivity index (χ0v) is 12.8. The number of ether oxygens (including phenoxy) is 1. The van der Waals surface area contributed by atoms with Gasteiger partial charge in [-0.1, -0.05) is 46.3 Å². The van der Waals surface area contributed by atoms with Crippen molar-refractivity contribution in [3.8, 4) is 5.75 Å². The van der Waals surface area contributed by atoms with Crippen LogP contribution in [0.3, 0.4) is 0 Å². The van der Waals surface area contributed by atoms with E-state index in [1.165, 1.54) is 11.1 Å². The molecule has 0 bridgehead atoms. The van der Waals surface area contributed by atoms with Crippen molar-refractivity contribution in [1.82, 2.24) is 0 Å². The number of aryl methyl sites for hydroxylation is 1. The largest absolute Gasteiger partial charge is 0.495 e. The van der Waals surface area contributed by atoms with Gasteiger partial charge < -0.3 is 10.1 Å². The summed E-state index contributed by atoms with van der Waals surface area (Å²) in [4.78, 5) is 0. The first-order chi connectivity index (χ1) is 9.20. The first kappa shape index (κ1) is 13.9. The molecule has 0 amide bonds. The number of benzene rings is 2. The average molecular weight is 320 g/mol. The molecule has 100 valence electrons. The van der Waals surface area contributed by atoms with Crippen LogP contribution in [0.15, 0.2) is 46.9 Å². The van der Waals surface area contributed by atoms with Crippen LogP contribution in [-0.2, 0) is 6.42 Å². The van der Waals surface area contributed by atoms with Crippen LogP contribution in [-0.4, -0.2) is 13.7 Å². The van der Waals surface area contributed by atoms with Gasteiger partial charge in [0.1, 0.15) is 5.75 Å². The summed E-state index contributed by atoms with van der Waals surface area (Å²) in [7, 11) is 1.70. The highest BCUT2D eigenvalue weighted by atomic mass is 79.9. The highest BCUT2D eigenvalue weighted by Gasteiger charge is 2.07.